The molecule has 0 aliphatic rings. The molecule has 0 atom stereocenters. The average Bonchev–Trinajstić information content (AvgIpc) is 2.27. The molecule has 0 radical (unpaired) electrons. The van der Waals surface area contributed by atoms with Crippen molar-refractivity contribution in [3.05, 3.63) is 45.2 Å². The van der Waals surface area contributed by atoms with Gasteiger partial charge >= 0.3 is 0 Å². The molecule has 0 spiro atoms. The van der Waals surface area contributed by atoms with Crippen molar-refractivity contribution in [2.75, 3.05) is 7.11 Å². The van der Waals surface area contributed by atoms with Crippen molar-refractivity contribution < 1.29 is 13.9 Å². The molecule has 0 aliphatic carbocycles. The molecule has 0 saturated heterocycles. The van der Waals surface area contributed by atoms with E-state index in [9.17, 15) is 9.18 Å². The van der Waals surface area contributed by atoms with Crippen LogP contribution in [0.2, 0.25) is 0 Å². The van der Waals surface area contributed by atoms with Gasteiger partial charge in [-0.3, -0.25) is 4.79 Å². The first kappa shape index (κ1) is 12.6. The first-order valence-corrected chi connectivity index (χ1v) is 5.65. The molecular formula is C11H8BrFN2O3. The molecule has 0 bridgehead atoms. The minimum absolute atomic E-state index is 0.0289. The number of rotatable bonds is 3. The Hall–Kier alpha value is -1.89. The Labute approximate surface area is 110 Å². The average molecular weight is 315 g/mol. The molecule has 1 heterocycles. The number of methoxy groups -OCH3 is 1. The quantitative estimate of drug-likeness (QED) is 0.945. The van der Waals surface area contributed by atoms with Gasteiger partial charge < -0.3 is 14.5 Å². The van der Waals surface area contributed by atoms with Gasteiger partial charge in [-0.15, -0.1) is 0 Å². The summed E-state index contributed by atoms with van der Waals surface area (Å²) in [6, 6.07) is 4.01. The molecule has 0 amide bonds. The van der Waals surface area contributed by atoms with Gasteiger partial charge in [0.25, 0.3) is 11.4 Å². The van der Waals surface area contributed by atoms with Crippen LogP contribution in [0, 0.1) is 5.82 Å². The van der Waals surface area contributed by atoms with Crippen LogP contribution >= 0.6 is 15.9 Å². The SMILES string of the molecule is COc1c(Oc2cc(F)cc(Br)c2)nc[nH]c1=O. The lowest BCUT2D eigenvalue weighted by atomic mass is 10.3. The van der Waals surface area contributed by atoms with Crippen molar-refractivity contribution in [2.24, 2.45) is 0 Å². The Bertz CT molecular complexity index is 610. The summed E-state index contributed by atoms with van der Waals surface area (Å²) in [6.07, 6.45) is 1.18. The standard InChI is InChI=1S/C11H8BrFN2O3/c1-17-9-10(16)14-5-15-11(9)18-8-3-6(12)2-7(13)4-8/h2-5H,1H3,(H,14,15,16). The molecule has 1 aromatic heterocycles. The van der Waals surface area contributed by atoms with Gasteiger partial charge in [0.1, 0.15) is 11.6 Å². The van der Waals surface area contributed by atoms with Crippen LogP contribution in [-0.4, -0.2) is 17.1 Å². The van der Waals surface area contributed by atoms with Crippen LogP contribution in [0.25, 0.3) is 0 Å². The van der Waals surface area contributed by atoms with Gasteiger partial charge in [0.2, 0.25) is 5.75 Å². The zero-order valence-electron chi connectivity index (χ0n) is 9.24. The highest BCUT2D eigenvalue weighted by Gasteiger charge is 2.12. The van der Waals surface area contributed by atoms with Gasteiger partial charge in [-0.05, 0) is 12.1 Å². The fourth-order valence-corrected chi connectivity index (χ4v) is 1.77. The van der Waals surface area contributed by atoms with Gasteiger partial charge in [0.05, 0.1) is 13.4 Å². The molecule has 5 nitrogen and oxygen atoms in total. The molecule has 7 heteroatoms. The summed E-state index contributed by atoms with van der Waals surface area (Å²) in [5.74, 6) is -0.363. The normalized spacial score (nSPS) is 10.2. The predicted molar refractivity (Wildman–Crippen MR) is 65.6 cm³/mol. The molecule has 0 fully saturated rings. The summed E-state index contributed by atoms with van der Waals surface area (Å²) < 4.78 is 23.9. The molecular weight excluding hydrogens is 307 g/mol. The third-order valence-corrected chi connectivity index (χ3v) is 2.49. The number of ether oxygens (including phenoxy) is 2. The molecule has 1 aromatic carbocycles. The van der Waals surface area contributed by atoms with Crippen LogP contribution in [0.4, 0.5) is 4.39 Å². The van der Waals surface area contributed by atoms with E-state index in [-0.39, 0.29) is 17.4 Å². The molecule has 94 valence electrons. The fourth-order valence-electron chi connectivity index (χ4n) is 1.32. The van der Waals surface area contributed by atoms with E-state index in [4.69, 9.17) is 9.47 Å². The highest BCUT2D eigenvalue weighted by molar-refractivity contribution is 9.10. The number of nitrogens with one attached hydrogen (secondary N) is 1. The smallest absolute Gasteiger partial charge is 0.297 e. The van der Waals surface area contributed by atoms with Gasteiger partial charge in [0.15, 0.2) is 0 Å². The number of aromatic nitrogens is 2. The molecule has 1 N–H and O–H groups in total. The number of hydrogen-bond acceptors (Lipinski definition) is 4. The highest BCUT2D eigenvalue weighted by atomic mass is 79.9. The third-order valence-electron chi connectivity index (χ3n) is 2.03. The summed E-state index contributed by atoms with van der Waals surface area (Å²) >= 11 is 3.14. The molecule has 0 unspecified atom stereocenters. The molecule has 2 rings (SSSR count). The number of hydrogen-bond donors (Lipinski definition) is 1. The second-order valence-corrected chi connectivity index (χ2v) is 4.19. The minimum Gasteiger partial charge on any atom is -0.487 e. The highest BCUT2D eigenvalue weighted by Crippen LogP contribution is 2.28. The third kappa shape index (κ3) is 2.67. The van der Waals surface area contributed by atoms with E-state index >= 15 is 0 Å². The second kappa shape index (κ2) is 5.18. The molecule has 18 heavy (non-hydrogen) atoms. The maximum Gasteiger partial charge on any atom is 0.297 e. The predicted octanol–water partition coefficient (Wildman–Crippen LogP) is 2.47. The van der Waals surface area contributed by atoms with Crippen LogP contribution in [0.3, 0.4) is 0 Å². The maximum absolute atomic E-state index is 13.2. The van der Waals surface area contributed by atoms with Gasteiger partial charge in [-0.25, -0.2) is 9.37 Å². The Morgan fingerprint density at radius 3 is 2.83 bits per heavy atom. The zero-order chi connectivity index (χ0) is 13.1. The first-order valence-electron chi connectivity index (χ1n) is 4.86. The monoisotopic (exact) mass is 314 g/mol. The topological polar surface area (TPSA) is 64.2 Å². The van der Waals surface area contributed by atoms with Crippen LogP contribution in [-0.2, 0) is 0 Å². The Morgan fingerprint density at radius 2 is 2.17 bits per heavy atom. The molecule has 2 aromatic rings. The Morgan fingerprint density at radius 1 is 1.39 bits per heavy atom. The van der Waals surface area contributed by atoms with Crippen molar-refractivity contribution in [2.45, 2.75) is 0 Å². The van der Waals surface area contributed by atoms with Crippen LogP contribution in [0.5, 0.6) is 17.4 Å². The lowest BCUT2D eigenvalue weighted by Gasteiger charge is -2.08. The number of H-pyrrole nitrogens is 1. The minimum atomic E-state index is -0.474. The molecule has 0 saturated carbocycles. The number of aromatic amines is 1. The largest absolute Gasteiger partial charge is 0.487 e. The van der Waals surface area contributed by atoms with Crippen molar-refractivity contribution in [3.8, 4) is 17.4 Å². The summed E-state index contributed by atoms with van der Waals surface area (Å²) in [5.41, 5.74) is -0.474. The van der Waals surface area contributed by atoms with E-state index in [0.29, 0.717) is 4.47 Å². The van der Waals surface area contributed by atoms with Gasteiger partial charge in [-0.1, -0.05) is 15.9 Å². The first-order chi connectivity index (χ1) is 8.60. The fraction of sp³-hybridized carbons (Fsp3) is 0.0909. The van der Waals surface area contributed by atoms with E-state index in [2.05, 4.69) is 25.9 Å². The Kier molecular flexibility index (Phi) is 3.61. The van der Waals surface area contributed by atoms with Crippen molar-refractivity contribution in [1.29, 1.82) is 0 Å². The second-order valence-electron chi connectivity index (χ2n) is 3.28. The summed E-state index contributed by atoms with van der Waals surface area (Å²) in [7, 11) is 1.32. The van der Waals surface area contributed by atoms with Crippen LogP contribution in [0.1, 0.15) is 0 Å². The van der Waals surface area contributed by atoms with E-state index < -0.39 is 11.4 Å². The number of nitrogens with zero attached hydrogens (tertiary/aromatic N) is 1. The van der Waals surface area contributed by atoms with Crippen LogP contribution in [0.15, 0.2) is 33.8 Å². The van der Waals surface area contributed by atoms with Crippen molar-refractivity contribution in [3.63, 3.8) is 0 Å². The van der Waals surface area contributed by atoms with E-state index in [1.54, 1.807) is 6.07 Å². The zero-order valence-corrected chi connectivity index (χ0v) is 10.8. The van der Waals surface area contributed by atoms with Gasteiger partial charge in [0, 0.05) is 10.5 Å². The summed E-state index contributed by atoms with van der Waals surface area (Å²) in [4.78, 5) is 17.6. The van der Waals surface area contributed by atoms with E-state index in [1.165, 1.54) is 25.6 Å². The Balaban J connectivity index is 2.40. The van der Waals surface area contributed by atoms with Crippen molar-refractivity contribution in [1.82, 2.24) is 9.97 Å². The van der Waals surface area contributed by atoms with Crippen LogP contribution < -0.4 is 15.0 Å². The number of halogens is 2. The van der Waals surface area contributed by atoms with Gasteiger partial charge in [-0.2, -0.15) is 0 Å². The molecule has 0 aliphatic heterocycles. The number of benzene rings is 1. The lowest BCUT2D eigenvalue weighted by Crippen LogP contribution is -2.10. The summed E-state index contributed by atoms with van der Waals surface area (Å²) in [6.45, 7) is 0. The van der Waals surface area contributed by atoms with Crippen molar-refractivity contribution >= 4 is 15.9 Å². The summed E-state index contributed by atoms with van der Waals surface area (Å²) in [5, 5.41) is 0. The lowest BCUT2D eigenvalue weighted by molar-refractivity contribution is 0.362. The van der Waals surface area contributed by atoms with E-state index in [0.717, 1.165) is 0 Å². The maximum atomic E-state index is 13.2. The van der Waals surface area contributed by atoms with E-state index in [1.807, 2.05) is 0 Å².